The highest BCUT2D eigenvalue weighted by Gasteiger charge is 2.37. The van der Waals surface area contributed by atoms with E-state index in [0.29, 0.717) is 12.5 Å². The van der Waals surface area contributed by atoms with Gasteiger partial charge in [0.15, 0.2) is 0 Å². The van der Waals surface area contributed by atoms with Crippen molar-refractivity contribution in [1.82, 2.24) is 9.55 Å². The van der Waals surface area contributed by atoms with Crippen LogP contribution in [0.3, 0.4) is 0 Å². The van der Waals surface area contributed by atoms with Crippen LogP contribution in [0.1, 0.15) is 30.9 Å². The number of hydrogen-bond donors (Lipinski definition) is 0. The zero-order chi connectivity index (χ0) is 20.8. The summed E-state index contributed by atoms with van der Waals surface area (Å²) >= 11 is 0. The summed E-state index contributed by atoms with van der Waals surface area (Å²) in [5.74, 6) is 1.20. The molecule has 0 aliphatic carbocycles. The summed E-state index contributed by atoms with van der Waals surface area (Å²) < 4.78 is 28.3. The van der Waals surface area contributed by atoms with Crippen molar-refractivity contribution >= 4 is 5.69 Å². The molecule has 5 nitrogen and oxygen atoms in total. The summed E-state index contributed by atoms with van der Waals surface area (Å²) in [6.45, 7) is 3.39. The Balaban J connectivity index is 1.15. The summed E-state index contributed by atoms with van der Waals surface area (Å²) in [5, 5.41) is 0. The number of ether oxygens (including phenoxy) is 2. The van der Waals surface area contributed by atoms with Crippen molar-refractivity contribution in [2.45, 2.75) is 31.4 Å². The summed E-state index contributed by atoms with van der Waals surface area (Å²) in [6, 6.07) is 13.8. The number of imidazole rings is 1. The molecule has 0 bridgehead atoms. The van der Waals surface area contributed by atoms with Gasteiger partial charge in [0.2, 0.25) is 0 Å². The smallest absolute Gasteiger partial charge is 0.129 e. The molecule has 0 saturated carbocycles. The molecule has 1 aromatic heterocycles. The number of benzene rings is 2. The molecule has 0 amide bonds. The lowest BCUT2D eigenvalue weighted by Gasteiger charge is -2.37. The second-order valence-electron chi connectivity index (χ2n) is 8.75. The Morgan fingerprint density at radius 2 is 1.87 bits per heavy atom. The van der Waals surface area contributed by atoms with E-state index in [2.05, 4.69) is 38.7 Å². The summed E-state index contributed by atoms with van der Waals surface area (Å²) in [4.78, 5) is 6.76. The zero-order valence-electron chi connectivity index (χ0n) is 17.4. The van der Waals surface area contributed by atoms with Gasteiger partial charge in [-0.15, -0.1) is 0 Å². The average molecular weight is 420 g/mol. The first-order valence-corrected chi connectivity index (χ1v) is 11.2. The number of aromatic nitrogens is 2. The maximum atomic E-state index is 14.8. The van der Waals surface area contributed by atoms with Crippen LogP contribution < -0.4 is 9.64 Å². The molecule has 3 aromatic rings. The second-order valence-corrected chi connectivity index (χ2v) is 8.75. The molecule has 3 aliphatic rings. The van der Waals surface area contributed by atoms with Gasteiger partial charge in [0.25, 0.3) is 0 Å². The Morgan fingerprint density at radius 3 is 2.65 bits per heavy atom. The van der Waals surface area contributed by atoms with Crippen molar-refractivity contribution in [2.24, 2.45) is 5.92 Å². The van der Waals surface area contributed by atoms with E-state index >= 15 is 0 Å². The van der Waals surface area contributed by atoms with Crippen molar-refractivity contribution in [3.8, 4) is 17.0 Å². The molecule has 0 spiro atoms. The molecule has 2 atom stereocenters. The van der Waals surface area contributed by atoms with Gasteiger partial charge in [-0.1, -0.05) is 12.1 Å². The van der Waals surface area contributed by atoms with Crippen LogP contribution in [0.5, 0.6) is 5.75 Å². The summed E-state index contributed by atoms with van der Waals surface area (Å²) in [5.41, 5.74) is 4.09. The highest BCUT2D eigenvalue weighted by Crippen LogP contribution is 2.46. The van der Waals surface area contributed by atoms with Gasteiger partial charge in [-0.25, -0.2) is 9.37 Å². The van der Waals surface area contributed by atoms with Gasteiger partial charge in [-0.2, -0.15) is 0 Å². The van der Waals surface area contributed by atoms with E-state index in [-0.39, 0.29) is 18.0 Å². The first-order chi connectivity index (χ1) is 15.3. The van der Waals surface area contributed by atoms with E-state index in [9.17, 15) is 4.39 Å². The maximum Gasteiger partial charge on any atom is 0.129 e. The highest BCUT2D eigenvalue weighted by molar-refractivity contribution is 5.69. The SMILES string of the molecule is Fc1cccc2c1C(C1CCN(c3ccc(OC4CCOC4)cc3)CC1)n1cncc1-2. The van der Waals surface area contributed by atoms with E-state index < -0.39 is 0 Å². The quantitative estimate of drug-likeness (QED) is 0.616. The monoisotopic (exact) mass is 419 g/mol. The predicted octanol–water partition coefficient (Wildman–Crippen LogP) is 4.68. The molecule has 31 heavy (non-hydrogen) atoms. The molecule has 160 valence electrons. The number of hydrogen-bond acceptors (Lipinski definition) is 4. The fourth-order valence-corrected chi connectivity index (χ4v) is 5.41. The molecule has 2 unspecified atom stereocenters. The molecule has 4 heterocycles. The molecule has 3 aliphatic heterocycles. The average Bonchev–Trinajstić information content (AvgIpc) is 3.53. The van der Waals surface area contributed by atoms with E-state index in [1.165, 1.54) is 5.69 Å². The molecule has 0 radical (unpaired) electrons. The molecule has 2 saturated heterocycles. The lowest BCUT2D eigenvalue weighted by molar-refractivity contribution is 0.141. The van der Waals surface area contributed by atoms with E-state index in [1.807, 2.05) is 18.6 Å². The van der Waals surface area contributed by atoms with Crippen LogP contribution in [-0.4, -0.2) is 42.0 Å². The van der Waals surface area contributed by atoms with Gasteiger partial charge >= 0.3 is 0 Å². The number of anilines is 1. The maximum absolute atomic E-state index is 14.8. The van der Waals surface area contributed by atoms with Crippen molar-refractivity contribution < 1.29 is 13.9 Å². The minimum absolute atomic E-state index is 0.0419. The van der Waals surface area contributed by atoms with Gasteiger partial charge in [0.05, 0.1) is 37.5 Å². The van der Waals surface area contributed by atoms with Crippen LogP contribution in [-0.2, 0) is 4.74 Å². The third kappa shape index (κ3) is 3.30. The van der Waals surface area contributed by atoms with Gasteiger partial charge in [0, 0.05) is 36.3 Å². The van der Waals surface area contributed by atoms with Crippen LogP contribution in [0.2, 0.25) is 0 Å². The Labute approximate surface area is 181 Å². The Hall–Kier alpha value is -2.86. The van der Waals surface area contributed by atoms with Crippen molar-refractivity contribution in [2.75, 3.05) is 31.2 Å². The lowest BCUT2D eigenvalue weighted by atomic mass is 9.85. The van der Waals surface area contributed by atoms with Gasteiger partial charge < -0.3 is 18.9 Å². The first kappa shape index (κ1) is 18.9. The number of halogens is 1. The van der Waals surface area contributed by atoms with E-state index in [1.54, 1.807) is 12.1 Å². The van der Waals surface area contributed by atoms with Crippen molar-refractivity contribution in [3.05, 3.63) is 66.4 Å². The topological polar surface area (TPSA) is 39.5 Å². The number of piperidine rings is 1. The molecular formula is C25H26FN3O2. The lowest BCUT2D eigenvalue weighted by Crippen LogP contribution is -2.36. The third-order valence-corrected chi connectivity index (χ3v) is 6.97. The Bertz CT molecular complexity index is 1070. The zero-order valence-corrected chi connectivity index (χ0v) is 17.4. The van der Waals surface area contributed by atoms with Crippen molar-refractivity contribution in [1.29, 1.82) is 0 Å². The van der Waals surface area contributed by atoms with Crippen molar-refractivity contribution in [3.63, 3.8) is 0 Å². The van der Waals surface area contributed by atoms with Crippen LogP contribution >= 0.6 is 0 Å². The summed E-state index contributed by atoms with van der Waals surface area (Å²) in [6.07, 6.45) is 6.89. The van der Waals surface area contributed by atoms with E-state index in [0.717, 1.165) is 61.5 Å². The molecule has 6 rings (SSSR count). The predicted molar refractivity (Wildman–Crippen MR) is 117 cm³/mol. The van der Waals surface area contributed by atoms with Gasteiger partial charge in [0.1, 0.15) is 17.7 Å². The third-order valence-electron chi connectivity index (χ3n) is 6.97. The number of fused-ring (bicyclic) bond motifs is 3. The highest BCUT2D eigenvalue weighted by atomic mass is 19.1. The minimum Gasteiger partial charge on any atom is -0.488 e. The Morgan fingerprint density at radius 1 is 1.03 bits per heavy atom. The van der Waals surface area contributed by atoms with Crippen LogP contribution in [0.15, 0.2) is 55.0 Å². The Kier molecular flexibility index (Phi) is 4.68. The van der Waals surface area contributed by atoms with Crippen LogP contribution in [0.4, 0.5) is 10.1 Å². The van der Waals surface area contributed by atoms with Crippen LogP contribution in [0, 0.1) is 11.7 Å². The van der Waals surface area contributed by atoms with Crippen LogP contribution in [0.25, 0.3) is 11.3 Å². The fourth-order valence-electron chi connectivity index (χ4n) is 5.41. The molecule has 2 aromatic carbocycles. The molecule has 2 fully saturated rings. The number of nitrogens with zero attached hydrogens (tertiary/aromatic N) is 3. The standard InChI is InChI=1S/C25H26FN3O2/c26-22-3-1-2-21-23-14-27-16-29(23)25(24(21)22)17-8-11-28(12-9-17)18-4-6-19(7-5-18)31-20-10-13-30-15-20/h1-7,14,16-17,20,25H,8-13,15H2. The summed E-state index contributed by atoms with van der Waals surface area (Å²) in [7, 11) is 0. The van der Waals surface area contributed by atoms with Gasteiger partial charge in [-0.05, 0) is 49.1 Å². The minimum atomic E-state index is -0.100. The molecule has 6 heteroatoms. The first-order valence-electron chi connectivity index (χ1n) is 11.2. The second kappa shape index (κ2) is 7.68. The van der Waals surface area contributed by atoms with Gasteiger partial charge in [-0.3, -0.25) is 0 Å². The fraction of sp³-hybridized carbons (Fsp3) is 0.400. The normalized spacial score (nSPS) is 23.1. The number of rotatable bonds is 4. The molecule has 0 N–H and O–H groups in total. The van der Waals surface area contributed by atoms with E-state index in [4.69, 9.17) is 9.47 Å². The largest absolute Gasteiger partial charge is 0.488 e. The molecular weight excluding hydrogens is 393 g/mol.